The topological polar surface area (TPSA) is 56.6 Å². The van der Waals surface area contributed by atoms with Crippen LogP contribution in [0.4, 0.5) is 4.39 Å². The molecule has 74 valence electrons. The van der Waals surface area contributed by atoms with Gasteiger partial charge in [0, 0.05) is 11.1 Å². The number of nitriles is 1. The summed E-state index contributed by atoms with van der Waals surface area (Å²) in [5, 5.41) is 8.67. The van der Waals surface area contributed by atoms with Crippen molar-refractivity contribution in [3.05, 3.63) is 17.5 Å². The van der Waals surface area contributed by atoms with Crippen LogP contribution in [-0.4, -0.2) is 15.2 Å². The van der Waals surface area contributed by atoms with Crippen LogP contribution in [0.15, 0.2) is 11.1 Å². The van der Waals surface area contributed by atoms with Gasteiger partial charge in [0.15, 0.2) is 6.29 Å². The average Bonchev–Trinajstić information content (AvgIpc) is 2.43. The number of aromatic amines is 1. The first kappa shape index (κ1) is 11.4. The van der Waals surface area contributed by atoms with Crippen LogP contribution in [0.25, 0.3) is 0 Å². The lowest BCUT2D eigenvalue weighted by Crippen LogP contribution is -1.95. The van der Waals surface area contributed by atoms with Crippen molar-refractivity contribution in [2.75, 3.05) is 0 Å². The van der Waals surface area contributed by atoms with Crippen LogP contribution < -0.4 is 0 Å². The van der Waals surface area contributed by atoms with E-state index in [0.29, 0.717) is 18.0 Å². The van der Waals surface area contributed by atoms with Gasteiger partial charge >= 0.3 is 3.92 Å². The number of aldehydes is 1. The Morgan fingerprint density at radius 2 is 2.36 bits per heavy atom. The highest BCUT2D eigenvalue weighted by Crippen LogP contribution is 2.42. The second kappa shape index (κ2) is 4.22. The lowest BCUT2D eigenvalue weighted by Gasteiger charge is -2.06. The Balaban J connectivity index is 3.06. The van der Waals surface area contributed by atoms with E-state index < -0.39 is 3.92 Å². The van der Waals surface area contributed by atoms with Gasteiger partial charge in [-0.3, -0.25) is 4.79 Å². The van der Waals surface area contributed by atoms with Gasteiger partial charge in [-0.2, -0.15) is 9.65 Å². The minimum Gasteiger partial charge on any atom is -0.357 e. The monoisotopic (exact) mass is 252 g/mol. The first-order valence-electron chi connectivity index (χ1n) is 3.30. The molecule has 0 aliphatic heterocycles. The van der Waals surface area contributed by atoms with Crippen molar-refractivity contribution in [1.29, 1.82) is 5.26 Å². The lowest BCUT2D eigenvalue weighted by molar-refractivity contribution is 0.111. The van der Waals surface area contributed by atoms with Crippen molar-refractivity contribution in [3.63, 3.8) is 0 Å². The molecule has 1 aromatic heterocycles. The number of halogens is 3. The fourth-order valence-electron chi connectivity index (χ4n) is 0.834. The molecule has 0 spiro atoms. The zero-order chi connectivity index (χ0) is 10.8. The Hall–Kier alpha value is -0.700. The van der Waals surface area contributed by atoms with Gasteiger partial charge in [-0.25, -0.2) is 0 Å². The number of aromatic nitrogens is 1. The summed E-state index contributed by atoms with van der Waals surface area (Å²) in [6.07, 6.45) is 1.76. The van der Waals surface area contributed by atoms with Gasteiger partial charge in [-0.15, -0.1) is 0 Å². The van der Waals surface area contributed by atoms with E-state index in [9.17, 15) is 9.18 Å². The predicted octanol–water partition coefficient (Wildman–Crippen LogP) is 2.85. The molecule has 1 rings (SSSR count). The van der Waals surface area contributed by atoms with Crippen molar-refractivity contribution < 1.29 is 9.18 Å². The highest BCUT2D eigenvalue weighted by Gasteiger charge is 2.26. The molecule has 1 aromatic rings. The van der Waals surface area contributed by atoms with Crippen LogP contribution in [0.2, 0.25) is 0 Å². The van der Waals surface area contributed by atoms with Gasteiger partial charge in [-0.05, 0) is 11.8 Å². The van der Waals surface area contributed by atoms with Gasteiger partial charge in [-0.1, -0.05) is 23.2 Å². The van der Waals surface area contributed by atoms with Crippen molar-refractivity contribution in [2.24, 2.45) is 0 Å². The summed E-state index contributed by atoms with van der Waals surface area (Å²) >= 11 is 10.6. The SMILES string of the molecule is N#Cc1c(SC(F)(Cl)Cl)c[nH]c1C=O. The second-order valence-electron chi connectivity index (χ2n) is 2.22. The third-order valence-electron chi connectivity index (χ3n) is 1.33. The number of alkyl halides is 3. The van der Waals surface area contributed by atoms with Gasteiger partial charge in [0.2, 0.25) is 0 Å². The zero-order valence-electron chi connectivity index (χ0n) is 6.55. The first-order valence-corrected chi connectivity index (χ1v) is 4.87. The molecule has 0 saturated heterocycles. The zero-order valence-corrected chi connectivity index (χ0v) is 8.88. The van der Waals surface area contributed by atoms with Gasteiger partial charge in [0.05, 0.1) is 11.3 Å². The maximum Gasteiger partial charge on any atom is 0.309 e. The normalized spacial score (nSPS) is 11.0. The highest BCUT2D eigenvalue weighted by molar-refractivity contribution is 8.03. The summed E-state index contributed by atoms with van der Waals surface area (Å²) < 4.78 is 10.3. The fraction of sp³-hybridized carbons (Fsp3) is 0.143. The molecule has 0 amide bonds. The fourth-order valence-corrected chi connectivity index (χ4v) is 1.96. The molecule has 0 aliphatic carbocycles. The number of carbonyl (C=O) groups is 1. The minimum absolute atomic E-state index is 0.0355. The van der Waals surface area contributed by atoms with E-state index in [1.807, 2.05) is 0 Å². The van der Waals surface area contributed by atoms with E-state index in [1.165, 1.54) is 6.20 Å². The van der Waals surface area contributed by atoms with Crippen LogP contribution in [0.5, 0.6) is 0 Å². The standard InChI is InChI=1S/C7H3Cl2FN2OS/c8-7(9,10)14-6-2-12-5(3-13)4(6)1-11/h2-3,12H. The summed E-state index contributed by atoms with van der Waals surface area (Å²) in [5.41, 5.74) is 0.112. The predicted molar refractivity (Wildman–Crippen MR) is 52.3 cm³/mol. The second-order valence-corrected chi connectivity index (χ2v) is 5.11. The Morgan fingerprint density at radius 3 is 2.79 bits per heavy atom. The van der Waals surface area contributed by atoms with Gasteiger partial charge in [0.25, 0.3) is 0 Å². The highest BCUT2D eigenvalue weighted by atomic mass is 35.5. The maximum absolute atomic E-state index is 12.8. The Morgan fingerprint density at radius 1 is 1.71 bits per heavy atom. The summed E-state index contributed by atoms with van der Waals surface area (Å²) in [7, 11) is 0. The van der Waals surface area contributed by atoms with Crippen LogP contribution in [0.1, 0.15) is 16.1 Å². The molecule has 0 bridgehead atoms. The minimum atomic E-state index is -2.52. The maximum atomic E-state index is 12.8. The third kappa shape index (κ3) is 2.64. The number of nitrogens with zero attached hydrogens (tertiary/aromatic N) is 1. The number of hydrogen-bond donors (Lipinski definition) is 1. The number of nitrogens with one attached hydrogen (secondary N) is 1. The molecule has 0 fully saturated rings. The first-order chi connectivity index (χ1) is 6.48. The Labute approximate surface area is 93.2 Å². The molecular formula is C7H3Cl2FN2OS. The number of hydrogen-bond acceptors (Lipinski definition) is 3. The van der Waals surface area contributed by atoms with Crippen LogP contribution >= 0.6 is 35.0 Å². The van der Waals surface area contributed by atoms with E-state index in [1.54, 1.807) is 6.07 Å². The molecule has 0 radical (unpaired) electrons. The molecule has 0 unspecified atom stereocenters. The molecule has 1 heterocycles. The van der Waals surface area contributed by atoms with Crippen molar-refractivity contribution in [1.82, 2.24) is 4.98 Å². The van der Waals surface area contributed by atoms with Crippen LogP contribution in [0, 0.1) is 11.3 Å². The lowest BCUT2D eigenvalue weighted by atomic mass is 10.3. The summed E-state index contributed by atoms with van der Waals surface area (Å²) in [6, 6.07) is 1.75. The molecule has 0 aromatic carbocycles. The Bertz CT molecular complexity index is 393. The van der Waals surface area contributed by atoms with E-state index in [2.05, 4.69) is 4.98 Å². The summed E-state index contributed by atoms with van der Waals surface area (Å²) in [4.78, 5) is 13.1. The van der Waals surface area contributed by atoms with Gasteiger partial charge < -0.3 is 4.98 Å². The molecular weight excluding hydrogens is 250 g/mol. The van der Waals surface area contributed by atoms with Crippen LogP contribution in [-0.2, 0) is 0 Å². The summed E-state index contributed by atoms with van der Waals surface area (Å²) in [6.45, 7) is 0. The molecule has 14 heavy (non-hydrogen) atoms. The van der Waals surface area contributed by atoms with Crippen molar-refractivity contribution in [2.45, 2.75) is 8.81 Å². The van der Waals surface area contributed by atoms with E-state index in [0.717, 1.165) is 0 Å². The third-order valence-corrected chi connectivity index (χ3v) is 2.57. The molecule has 3 nitrogen and oxygen atoms in total. The van der Waals surface area contributed by atoms with Crippen LogP contribution in [0.3, 0.4) is 0 Å². The van der Waals surface area contributed by atoms with E-state index >= 15 is 0 Å². The number of rotatable bonds is 3. The van der Waals surface area contributed by atoms with Gasteiger partial charge in [0.1, 0.15) is 6.07 Å². The molecule has 1 N–H and O–H groups in total. The van der Waals surface area contributed by atoms with Crippen molar-refractivity contribution in [3.8, 4) is 6.07 Å². The quantitative estimate of drug-likeness (QED) is 0.512. The smallest absolute Gasteiger partial charge is 0.309 e. The largest absolute Gasteiger partial charge is 0.357 e. The average molecular weight is 253 g/mol. The number of carbonyl (C=O) groups excluding carboxylic acids is 1. The molecule has 0 atom stereocenters. The molecule has 0 aliphatic rings. The summed E-state index contributed by atoms with van der Waals surface area (Å²) in [5.74, 6) is 0. The Kier molecular flexibility index (Phi) is 3.43. The van der Waals surface area contributed by atoms with E-state index in [4.69, 9.17) is 28.5 Å². The number of thioether (sulfide) groups is 1. The van der Waals surface area contributed by atoms with Crippen molar-refractivity contribution >= 4 is 41.2 Å². The molecule has 0 saturated carbocycles. The molecule has 7 heteroatoms. The van der Waals surface area contributed by atoms with E-state index in [-0.39, 0.29) is 16.2 Å². The number of H-pyrrole nitrogens is 1.